The Bertz CT molecular complexity index is 1470. The molecule has 0 saturated carbocycles. The Morgan fingerprint density at radius 2 is 1.71 bits per heavy atom. The molecule has 3 aromatic carbocycles. The predicted octanol–water partition coefficient (Wildman–Crippen LogP) is 10.6. The molecule has 0 radical (unpaired) electrons. The number of allylic oxidation sites excluding steroid dienone is 1. The van der Waals surface area contributed by atoms with Crippen LogP contribution in [0.3, 0.4) is 0 Å². The van der Waals surface area contributed by atoms with Gasteiger partial charge in [0.25, 0.3) is 0 Å². The molecule has 1 aliphatic heterocycles. The van der Waals surface area contributed by atoms with Gasteiger partial charge in [-0.1, -0.05) is 102 Å². The number of hydrogen-bond acceptors (Lipinski definition) is 4. The third-order valence-corrected chi connectivity index (χ3v) is 8.85. The fourth-order valence-corrected chi connectivity index (χ4v) is 6.14. The number of Topliss-reactive ketones (excluding diaryl/α,β-unsaturated/α-hetero) is 1. The van der Waals surface area contributed by atoms with E-state index in [0.717, 1.165) is 61.6 Å². The van der Waals surface area contributed by atoms with E-state index in [0.29, 0.717) is 36.9 Å². The molecule has 3 aromatic rings. The van der Waals surface area contributed by atoms with Gasteiger partial charge in [0.2, 0.25) is 0 Å². The summed E-state index contributed by atoms with van der Waals surface area (Å²) < 4.78 is 11.6. The van der Waals surface area contributed by atoms with Crippen molar-refractivity contribution in [2.75, 3.05) is 13.2 Å². The molecule has 4 heteroatoms. The van der Waals surface area contributed by atoms with Crippen LogP contribution in [0.15, 0.2) is 60.2 Å². The van der Waals surface area contributed by atoms with Crippen LogP contribution < -0.4 is 4.74 Å². The zero-order valence-electron chi connectivity index (χ0n) is 28.7. The van der Waals surface area contributed by atoms with Crippen molar-refractivity contribution in [2.45, 2.75) is 106 Å². The number of ether oxygens (including phenoxy) is 2. The molecule has 0 amide bonds. The average Bonchev–Trinajstić information content (AvgIpc) is 3.08. The van der Waals surface area contributed by atoms with Crippen molar-refractivity contribution >= 4 is 11.9 Å². The van der Waals surface area contributed by atoms with Crippen molar-refractivity contribution in [1.82, 2.24) is 0 Å². The van der Waals surface area contributed by atoms with Crippen molar-refractivity contribution in [3.05, 3.63) is 93.6 Å². The number of carbonyl (C=O) groups is 1. The molecule has 1 saturated heterocycles. The molecule has 0 atom stereocenters. The molecular weight excluding hydrogens is 554 g/mol. The number of rotatable bonds is 13. The average molecular weight is 608 g/mol. The highest BCUT2D eigenvalue weighted by Gasteiger charge is 2.18. The summed E-state index contributed by atoms with van der Waals surface area (Å²) in [7, 11) is 0. The van der Waals surface area contributed by atoms with Crippen LogP contribution in [0.4, 0.5) is 0 Å². The van der Waals surface area contributed by atoms with Crippen LogP contribution in [0, 0.1) is 17.2 Å². The number of nitrogens with zero attached hydrogens (tertiary/aromatic N) is 1. The Morgan fingerprint density at radius 3 is 2.36 bits per heavy atom. The standard InChI is InChI=1S/C39H47NO3.C2H6/c1-6-28(7-2)23-38(41)33-14-13-30(29(8-3)24-33)21-27(5)22-31-11-10-12-37(36(31)9-4)32-15-16-39(34(25-32)26-40)43-35-17-19-42-20-18-35;1-2/h10-16,22,24-25,28,35H,6-9,17-21,23H2,1-5H3;1-2H3/b27-22+;. The van der Waals surface area contributed by atoms with Gasteiger partial charge in [0, 0.05) is 24.8 Å². The monoisotopic (exact) mass is 607 g/mol. The van der Waals surface area contributed by atoms with Gasteiger partial charge in [0.05, 0.1) is 18.8 Å². The fraction of sp³-hybridized carbons (Fsp3) is 0.463. The minimum Gasteiger partial charge on any atom is -0.489 e. The van der Waals surface area contributed by atoms with Gasteiger partial charge < -0.3 is 9.47 Å². The van der Waals surface area contributed by atoms with E-state index in [4.69, 9.17) is 9.47 Å². The molecule has 1 heterocycles. The largest absolute Gasteiger partial charge is 0.489 e. The van der Waals surface area contributed by atoms with Crippen molar-refractivity contribution < 1.29 is 14.3 Å². The van der Waals surface area contributed by atoms with E-state index in [2.05, 4.69) is 83.2 Å². The van der Waals surface area contributed by atoms with E-state index < -0.39 is 0 Å². The summed E-state index contributed by atoms with van der Waals surface area (Å²) >= 11 is 0. The molecular formula is C41H53NO3. The first-order chi connectivity index (χ1) is 21.9. The van der Waals surface area contributed by atoms with Crippen molar-refractivity contribution in [2.24, 2.45) is 5.92 Å². The zero-order chi connectivity index (χ0) is 32.8. The molecule has 4 nitrogen and oxygen atoms in total. The summed E-state index contributed by atoms with van der Waals surface area (Å²) in [6, 6.07) is 21.1. The van der Waals surface area contributed by atoms with Gasteiger partial charge >= 0.3 is 0 Å². The van der Waals surface area contributed by atoms with Crippen LogP contribution in [-0.4, -0.2) is 25.1 Å². The summed E-state index contributed by atoms with van der Waals surface area (Å²) in [5.74, 6) is 1.37. The molecule has 0 unspecified atom stereocenters. The molecule has 1 aliphatic rings. The topological polar surface area (TPSA) is 59.3 Å². The lowest BCUT2D eigenvalue weighted by Gasteiger charge is -2.24. The summed E-state index contributed by atoms with van der Waals surface area (Å²) in [5, 5.41) is 9.93. The Labute approximate surface area is 272 Å². The van der Waals surface area contributed by atoms with E-state index in [1.54, 1.807) is 0 Å². The second kappa shape index (κ2) is 18.3. The molecule has 4 rings (SSSR count). The second-order valence-corrected chi connectivity index (χ2v) is 11.8. The quantitative estimate of drug-likeness (QED) is 0.181. The predicted molar refractivity (Wildman–Crippen MR) is 188 cm³/mol. The van der Waals surface area contributed by atoms with Gasteiger partial charge in [-0.2, -0.15) is 5.26 Å². The summed E-state index contributed by atoms with van der Waals surface area (Å²) in [4.78, 5) is 12.9. The Morgan fingerprint density at radius 1 is 0.978 bits per heavy atom. The Balaban J connectivity index is 0.00000271. The van der Waals surface area contributed by atoms with Crippen LogP contribution in [0.25, 0.3) is 17.2 Å². The highest BCUT2D eigenvalue weighted by molar-refractivity contribution is 5.96. The van der Waals surface area contributed by atoms with Gasteiger partial charge in [-0.15, -0.1) is 0 Å². The van der Waals surface area contributed by atoms with Crippen molar-refractivity contribution in [3.63, 3.8) is 0 Å². The molecule has 0 aromatic heterocycles. The first-order valence-corrected chi connectivity index (χ1v) is 17.1. The van der Waals surface area contributed by atoms with Gasteiger partial charge in [-0.05, 0) is 83.7 Å². The molecule has 0 spiro atoms. The molecule has 0 aliphatic carbocycles. The smallest absolute Gasteiger partial charge is 0.163 e. The highest BCUT2D eigenvalue weighted by Crippen LogP contribution is 2.33. The number of carbonyl (C=O) groups excluding carboxylic acids is 1. The Kier molecular flexibility index (Phi) is 14.6. The van der Waals surface area contributed by atoms with Crippen LogP contribution in [0.5, 0.6) is 5.75 Å². The van der Waals surface area contributed by atoms with E-state index in [1.807, 2.05) is 32.0 Å². The number of nitriles is 1. The maximum Gasteiger partial charge on any atom is 0.163 e. The highest BCUT2D eigenvalue weighted by atomic mass is 16.5. The first kappa shape index (κ1) is 35.8. The first-order valence-electron chi connectivity index (χ1n) is 17.1. The van der Waals surface area contributed by atoms with E-state index >= 15 is 0 Å². The summed E-state index contributed by atoms with van der Waals surface area (Å²) in [6.45, 7) is 16.3. The van der Waals surface area contributed by atoms with Crippen LogP contribution in [-0.2, 0) is 24.0 Å². The number of hydrogen-bond donors (Lipinski definition) is 0. The molecule has 240 valence electrons. The number of aryl methyl sites for hydroxylation is 1. The third-order valence-electron chi connectivity index (χ3n) is 8.85. The van der Waals surface area contributed by atoms with Gasteiger partial charge in [0.1, 0.15) is 17.9 Å². The normalized spacial score (nSPS) is 13.6. The molecule has 0 bridgehead atoms. The van der Waals surface area contributed by atoms with Crippen molar-refractivity contribution in [3.8, 4) is 22.9 Å². The summed E-state index contributed by atoms with van der Waals surface area (Å²) in [6.07, 6.45) is 9.42. The SMILES string of the molecule is CC.CCc1cc(C(=O)CC(CC)CC)ccc1C/C(C)=C/c1cccc(-c2ccc(OC3CCOCC3)c(C#N)c2)c1CC. The van der Waals surface area contributed by atoms with Gasteiger partial charge in [0.15, 0.2) is 5.78 Å². The lowest BCUT2D eigenvalue weighted by molar-refractivity contribution is 0.0254. The second-order valence-electron chi connectivity index (χ2n) is 11.8. The van der Waals surface area contributed by atoms with Gasteiger partial charge in [-0.25, -0.2) is 0 Å². The lowest BCUT2D eigenvalue weighted by Crippen LogP contribution is -2.26. The van der Waals surface area contributed by atoms with Crippen molar-refractivity contribution in [1.29, 1.82) is 5.26 Å². The van der Waals surface area contributed by atoms with E-state index in [1.165, 1.54) is 27.8 Å². The minimum absolute atomic E-state index is 0.0914. The molecule has 0 N–H and O–H groups in total. The third kappa shape index (κ3) is 9.65. The van der Waals surface area contributed by atoms with Crippen LogP contribution >= 0.6 is 0 Å². The fourth-order valence-electron chi connectivity index (χ4n) is 6.14. The molecule has 45 heavy (non-hydrogen) atoms. The Hall–Kier alpha value is -3.68. The van der Waals surface area contributed by atoms with Gasteiger partial charge in [-0.3, -0.25) is 4.79 Å². The maximum absolute atomic E-state index is 12.9. The van der Waals surface area contributed by atoms with Crippen LogP contribution in [0.1, 0.15) is 119 Å². The van der Waals surface area contributed by atoms with Crippen LogP contribution in [0.2, 0.25) is 0 Å². The molecule has 1 fully saturated rings. The number of ketones is 1. The van der Waals surface area contributed by atoms with E-state index in [9.17, 15) is 10.1 Å². The minimum atomic E-state index is 0.0914. The summed E-state index contributed by atoms with van der Waals surface area (Å²) in [5.41, 5.74) is 9.86. The maximum atomic E-state index is 12.9. The van der Waals surface area contributed by atoms with E-state index in [-0.39, 0.29) is 11.9 Å². The number of benzene rings is 3. The zero-order valence-corrected chi connectivity index (χ0v) is 28.7. The lowest BCUT2D eigenvalue weighted by atomic mass is 9.89.